The first-order valence-electron chi connectivity index (χ1n) is 7.06. The number of aryl methyl sites for hydroxylation is 1. The second kappa shape index (κ2) is 6.18. The number of carbonyl (C=O) groups excluding carboxylic acids is 1. The van der Waals surface area contributed by atoms with Gasteiger partial charge in [0.2, 0.25) is 0 Å². The monoisotopic (exact) mass is 325 g/mol. The van der Waals surface area contributed by atoms with Crippen molar-refractivity contribution in [2.24, 2.45) is 0 Å². The lowest BCUT2D eigenvalue weighted by atomic mass is 10.1. The van der Waals surface area contributed by atoms with E-state index in [2.05, 4.69) is 15.5 Å². The number of thiophene rings is 1. The van der Waals surface area contributed by atoms with Gasteiger partial charge in [-0.15, -0.1) is 0 Å². The minimum Gasteiger partial charge on any atom is -0.322 e. The zero-order valence-corrected chi connectivity index (χ0v) is 13.5. The van der Waals surface area contributed by atoms with E-state index >= 15 is 0 Å². The third-order valence-corrected chi connectivity index (χ3v) is 4.36. The van der Waals surface area contributed by atoms with Gasteiger partial charge >= 0.3 is 0 Å². The number of nitrogens with zero attached hydrogens (tertiary/aromatic N) is 1. The van der Waals surface area contributed by atoms with Gasteiger partial charge in [0.15, 0.2) is 0 Å². The maximum atomic E-state index is 12.4. The Morgan fingerprint density at radius 1 is 1.22 bits per heavy atom. The van der Waals surface area contributed by atoms with Crippen LogP contribution in [0.1, 0.15) is 21.6 Å². The fourth-order valence-corrected chi connectivity index (χ4v) is 2.96. The molecule has 2 N–H and O–H groups in total. The van der Waals surface area contributed by atoms with Crippen molar-refractivity contribution in [1.82, 2.24) is 10.2 Å². The van der Waals surface area contributed by atoms with Crippen molar-refractivity contribution in [3.63, 3.8) is 0 Å². The molecule has 0 saturated heterocycles. The molecule has 6 heteroatoms. The lowest BCUT2D eigenvalue weighted by molar-refractivity contribution is 0.102. The Morgan fingerprint density at radius 2 is 2.04 bits per heavy atom. The Hall–Kier alpha value is -2.73. The molecule has 0 spiro atoms. The summed E-state index contributed by atoms with van der Waals surface area (Å²) in [4.78, 5) is 24.3. The summed E-state index contributed by atoms with van der Waals surface area (Å²) in [5, 5.41) is 13.0. The van der Waals surface area contributed by atoms with Gasteiger partial charge in [-0.2, -0.15) is 16.4 Å². The van der Waals surface area contributed by atoms with Gasteiger partial charge in [-0.3, -0.25) is 9.59 Å². The Bertz CT molecular complexity index is 914. The molecule has 23 heavy (non-hydrogen) atoms. The zero-order valence-electron chi connectivity index (χ0n) is 12.7. The number of amides is 1. The highest BCUT2D eigenvalue weighted by atomic mass is 32.1. The molecule has 3 rings (SSSR count). The van der Waals surface area contributed by atoms with Crippen LogP contribution in [0.3, 0.4) is 0 Å². The number of carbonyl (C=O) groups is 1. The molecule has 0 radical (unpaired) electrons. The molecular weight excluding hydrogens is 310 g/mol. The zero-order chi connectivity index (χ0) is 16.4. The summed E-state index contributed by atoms with van der Waals surface area (Å²) in [5.74, 6) is -0.434. The van der Waals surface area contributed by atoms with E-state index < -0.39 is 11.5 Å². The van der Waals surface area contributed by atoms with Crippen LogP contribution in [0.25, 0.3) is 11.1 Å². The fraction of sp³-hybridized carbons (Fsp3) is 0.118. The molecule has 1 aromatic carbocycles. The van der Waals surface area contributed by atoms with Crippen molar-refractivity contribution in [1.29, 1.82) is 0 Å². The van der Waals surface area contributed by atoms with Crippen molar-refractivity contribution in [3.05, 3.63) is 68.3 Å². The fourth-order valence-electron chi connectivity index (χ4n) is 2.30. The van der Waals surface area contributed by atoms with Gasteiger partial charge in [0, 0.05) is 5.69 Å². The average molecular weight is 325 g/mol. The number of rotatable bonds is 3. The molecule has 0 unspecified atom stereocenters. The molecule has 3 aromatic rings. The minimum absolute atomic E-state index is 0.0958. The second-order valence-electron chi connectivity index (χ2n) is 5.19. The van der Waals surface area contributed by atoms with Crippen LogP contribution in [-0.4, -0.2) is 16.1 Å². The third kappa shape index (κ3) is 3.07. The standard InChI is InChI=1S/C17H15N3O2S/c1-10-11(2)19-20-17(22)15(10)16(21)18-14-5-3-4-12(8-14)13-6-7-23-9-13/h3-9H,1-2H3,(H,18,21)(H,20,22). The van der Waals surface area contributed by atoms with Crippen LogP contribution in [0.5, 0.6) is 0 Å². The molecule has 0 atom stereocenters. The van der Waals surface area contributed by atoms with Gasteiger partial charge in [0.05, 0.1) is 5.69 Å². The molecule has 1 amide bonds. The van der Waals surface area contributed by atoms with Gasteiger partial charge in [-0.05, 0) is 59.5 Å². The van der Waals surface area contributed by atoms with Gasteiger partial charge in [0.25, 0.3) is 11.5 Å². The third-order valence-electron chi connectivity index (χ3n) is 3.67. The number of benzene rings is 1. The molecule has 2 aromatic heterocycles. The Balaban J connectivity index is 1.91. The Kier molecular flexibility index (Phi) is 4.08. The van der Waals surface area contributed by atoms with Gasteiger partial charge in [-0.25, -0.2) is 5.10 Å². The summed E-state index contributed by atoms with van der Waals surface area (Å²) >= 11 is 1.62. The molecule has 0 fully saturated rings. The van der Waals surface area contributed by atoms with Crippen LogP contribution >= 0.6 is 11.3 Å². The van der Waals surface area contributed by atoms with Gasteiger partial charge in [-0.1, -0.05) is 12.1 Å². The summed E-state index contributed by atoms with van der Waals surface area (Å²) in [5.41, 5.74) is 3.58. The topological polar surface area (TPSA) is 74.8 Å². The van der Waals surface area contributed by atoms with E-state index in [9.17, 15) is 9.59 Å². The van der Waals surface area contributed by atoms with E-state index in [4.69, 9.17) is 0 Å². The number of anilines is 1. The number of hydrogen-bond acceptors (Lipinski definition) is 4. The van der Waals surface area contributed by atoms with Crippen LogP contribution in [0.2, 0.25) is 0 Å². The summed E-state index contributed by atoms with van der Waals surface area (Å²) < 4.78 is 0. The first kappa shape index (κ1) is 15.2. The first-order chi connectivity index (χ1) is 11.1. The molecule has 0 saturated carbocycles. The van der Waals surface area contributed by atoms with Gasteiger partial charge < -0.3 is 5.32 Å². The molecule has 0 aliphatic carbocycles. The predicted octanol–water partition coefficient (Wildman–Crippen LogP) is 3.37. The number of aromatic amines is 1. The van der Waals surface area contributed by atoms with E-state index in [-0.39, 0.29) is 5.56 Å². The summed E-state index contributed by atoms with van der Waals surface area (Å²) in [6.07, 6.45) is 0. The normalized spacial score (nSPS) is 10.5. The molecule has 116 valence electrons. The second-order valence-corrected chi connectivity index (χ2v) is 5.97. The molecule has 0 bridgehead atoms. The van der Waals surface area contributed by atoms with Crippen LogP contribution in [0.15, 0.2) is 45.9 Å². The first-order valence-corrected chi connectivity index (χ1v) is 8.00. The lowest BCUT2D eigenvalue weighted by Crippen LogP contribution is -2.26. The quantitative estimate of drug-likeness (QED) is 0.775. The highest BCUT2D eigenvalue weighted by Gasteiger charge is 2.16. The van der Waals surface area contributed by atoms with Gasteiger partial charge in [0.1, 0.15) is 5.56 Å². The lowest BCUT2D eigenvalue weighted by Gasteiger charge is -2.09. The molecular formula is C17H15N3O2S. The molecule has 0 aliphatic heterocycles. The summed E-state index contributed by atoms with van der Waals surface area (Å²) in [6, 6.07) is 9.55. The maximum Gasteiger partial charge on any atom is 0.277 e. The van der Waals surface area contributed by atoms with E-state index in [1.54, 1.807) is 31.3 Å². The smallest absolute Gasteiger partial charge is 0.277 e. The summed E-state index contributed by atoms with van der Waals surface area (Å²) in [6.45, 7) is 3.47. The van der Waals surface area contributed by atoms with Crippen molar-refractivity contribution in [2.45, 2.75) is 13.8 Å². The molecule has 2 heterocycles. The van der Waals surface area contributed by atoms with Crippen LogP contribution in [0, 0.1) is 13.8 Å². The number of aromatic nitrogens is 2. The Morgan fingerprint density at radius 3 is 2.78 bits per heavy atom. The van der Waals surface area contributed by atoms with Crippen LogP contribution < -0.4 is 10.9 Å². The van der Waals surface area contributed by atoms with Crippen LogP contribution in [0.4, 0.5) is 5.69 Å². The van der Waals surface area contributed by atoms with E-state index in [0.717, 1.165) is 11.1 Å². The predicted molar refractivity (Wildman–Crippen MR) is 92.0 cm³/mol. The molecule has 0 aliphatic rings. The summed E-state index contributed by atoms with van der Waals surface area (Å²) in [7, 11) is 0. The number of H-pyrrole nitrogens is 1. The molecule has 5 nitrogen and oxygen atoms in total. The maximum absolute atomic E-state index is 12.4. The Labute approximate surface area is 137 Å². The van der Waals surface area contributed by atoms with Crippen molar-refractivity contribution in [3.8, 4) is 11.1 Å². The number of hydrogen-bond donors (Lipinski definition) is 2. The minimum atomic E-state index is -0.486. The van der Waals surface area contributed by atoms with E-state index in [0.29, 0.717) is 16.9 Å². The van der Waals surface area contributed by atoms with Crippen molar-refractivity contribution < 1.29 is 4.79 Å². The highest BCUT2D eigenvalue weighted by molar-refractivity contribution is 7.08. The van der Waals surface area contributed by atoms with E-state index in [1.165, 1.54) is 0 Å². The van der Waals surface area contributed by atoms with Crippen molar-refractivity contribution in [2.75, 3.05) is 5.32 Å². The SMILES string of the molecule is Cc1n[nH]c(=O)c(C(=O)Nc2cccc(-c3ccsc3)c2)c1C. The van der Waals surface area contributed by atoms with Crippen molar-refractivity contribution >= 4 is 22.9 Å². The van der Waals surface area contributed by atoms with E-state index in [1.807, 2.05) is 35.0 Å². The average Bonchev–Trinajstić information content (AvgIpc) is 3.06. The van der Waals surface area contributed by atoms with Crippen LogP contribution in [-0.2, 0) is 0 Å². The number of nitrogens with one attached hydrogen (secondary N) is 2. The highest BCUT2D eigenvalue weighted by Crippen LogP contribution is 2.25. The largest absolute Gasteiger partial charge is 0.322 e.